The minimum atomic E-state index is 0.372. The molecule has 1 aliphatic rings. The molecule has 0 bridgehead atoms. The van der Waals surface area contributed by atoms with E-state index in [0.29, 0.717) is 10.2 Å². The second-order valence-corrected chi connectivity index (χ2v) is 3.74. The number of aromatic amines is 1. The van der Waals surface area contributed by atoms with Gasteiger partial charge < -0.3 is 4.98 Å². The summed E-state index contributed by atoms with van der Waals surface area (Å²) >= 11 is 4.93. The summed E-state index contributed by atoms with van der Waals surface area (Å²) in [6.07, 6.45) is 4.31. The molecule has 1 aromatic rings. The molecule has 0 aromatic carbocycles. The van der Waals surface area contributed by atoms with Crippen molar-refractivity contribution in [2.45, 2.75) is 25.2 Å². The molecule has 1 heterocycles. The quantitative estimate of drug-likeness (QED) is 0.648. The Bertz CT molecular complexity index is 325. The van der Waals surface area contributed by atoms with Gasteiger partial charge in [-0.2, -0.15) is 0 Å². The lowest BCUT2D eigenvalue weighted by Crippen LogP contribution is -2.03. The fourth-order valence-electron chi connectivity index (χ4n) is 1.18. The van der Waals surface area contributed by atoms with E-state index >= 15 is 0 Å². The van der Waals surface area contributed by atoms with Crippen molar-refractivity contribution in [1.82, 2.24) is 9.97 Å². The van der Waals surface area contributed by atoms with E-state index in [2.05, 4.69) is 16.9 Å². The standard InChI is InChI=1S/C8H10N2S/c1-8(3-4-8)6-2-5-9-7(11)10-6/h2,5H,3-4H2,1H3,(H,9,10,11). The minimum absolute atomic E-state index is 0.372. The fraction of sp³-hybridized carbons (Fsp3) is 0.500. The second kappa shape index (κ2) is 2.14. The van der Waals surface area contributed by atoms with Crippen molar-refractivity contribution in [3.63, 3.8) is 0 Å². The maximum Gasteiger partial charge on any atom is 0.196 e. The third-order valence-corrected chi connectivity index (χ3v) is 2.53. The van der Waals surface area contributed by atoms with E-state index in [-0.39, 0.29) is 0 Å². The Morgan fingerprint density at radius 1 is 1.64 bits per heavy atom. The lowest BCUT2D eigenvalue weighted by atomic mass is 10.1. The molecule has 1 aliphatic carbocycles. The molecule has 1 N–H and O–H groups in total. The minimum Gasteiger partial charge on any atom is -0.334 e. The molecule has 0 atom stereocenters. The number of nitrogens with one attached hydrogen (secondary N) is 1. The summed E-state index contributed by atoms with van der Waals surface area (Å²) in [6.45, 7) is 2.24. The van der Waals surface area contributed by atoms with Crippen LogP contribution < -0.4 is 0 Å². The Labute approximate surface area is 70.7 Å². The third kappa shape index (κ3) is 1.20. The summed E-state index contributed by atoms with van der Waals surface area (Å²) in [4.78, 5) is 7.05. The first-order valence-electron chi connectivity index (χ1n) is 3.77. The summed E-state index contributed by atoms with van der Waals surface area (Å²) in [7, 11) is 0. The Balaban J connectivity index is 2.46. The molecule has 0 radical (unpaired) electrons. The van der Waals surface area contributed by atoms with Gasteiger partial charge in [-0.15, -0.1) is 0 Å². The molecule has 2 rings (SSSR count). The number of nitrogens with zero attached hydrogens (tertiary/aromatic N) is 1. The summed E-state index contributed by atoms with van der Waals surface area (Å²) in [6, 6.07) is 2.02. The second-order valence-electron chi connectivity index (χ2n) is 3.35. The lowest BCUT2D eigenvalue weighted by molar-refractivity contribution is 0.741. The van der Waals surface area contributed by atoms with E-state index in [1.807, 2.05) is 6.07 Å². The topological polar surface area (TPSA) is 28.7 Å². The predicted octanol–water partition coefficient (Wildman–Crippen LogP) is 2.19. The van der Waals surface area contributed by atoms with E-state index in [0.717, 1.165) is 0 Å². The molecule has 1 fully saturated rings. The van der Waals surface area contributed by atoms with E-state index in [9.17, 15) is 0 Å². The van der Waals surface area contributed by atoms with Crippen LogP contribution in [0, 0.1) is 4.77 Å². The average molecular weight is 166 g/mol. The molecule has 1 saturated carbocycles. The van der Waals surface area contributed by atoms with Crippen LogP contribution in [0.25, 0.3) is 0 Å². The normalized spacial score (nSPS) is 19.7. The van der Waals surface area contributed by atoms with Crippen molar-refractivity contribution in [2.24, 2.45) is 0 Å². The zero-order chi connectivity index (χ0) is 7.90. The maximum absolute atomic E-state index is 4.93. The molecule has 11 heavy (non-hydrogen) atoms. The SMILES string of the molecule is CC1(c2ccnc(=S)[nH]2)CC1. The first-order valence-corrected chi connectivity index (χ1v) is 4.17. The van der Waals surface area contributed by atoms with Gasteiger partial charge in [0.2, 0.25) is 0 Å². The van der Waals surface area contributed by atoms with Gasteiger partial charge in [-0.1, -0.05) is 6.92 Å². The molecular weight excluding hydrogens is 156 g/mol. The molecule has 1 aromatic heterocycles. The molecular formula is C8H10N2S. The van der Waals surface area contributed by atoms with Crippen LogP contribution in [0.5, 0.6) is 0 Å². The van der Waals surface area contributed by atoms with Gasteiger partial charge >= 0.3 is 0 Å². The van der Waals surface area contributed by atoms with Gasteiger partial charge in [-0.05, 0) is 31.1 Å². The van der Waals surface area contributed by atoms with Crippen LogP contribution >= 0.6 is 12.2 Å². The van der Waals surface area contributed by atoms with Gasteiger partial charge in [0, 0.05) is 17.3 Å². The number of aromatic nitrogens is 2. The van der Waals surface area contributed by atoms with Crippen molar-refractivity contribution < 1.29 is 0 Å². The molecule has 0 amide bonds. The average Bonchev–Trinajstić information content (AvgIpc) is 2.70. The van der Waals surface area contributed by atoms with Crippen LogP contribution in [-0.4, -0.2) is 9.97 Å². The van der Waals surface area contributed by atoms with E-state index in [1.165, 1.54) is 18.5 Å². The number of H-pyrrole nitrogens is 1. The van der Waals surface area contributed by atoms with Gasteiger partial charge in [0.25, 0.3) is 0 Å². The monoisotopic (exact) mass is 166 g/mol. The van der Waals surface area contributed by atoms with Gasteiger partial charge in [-0.3, -0.25) is 0 Å². The highest BCUT2D eigenvalue weighted by Crippen LogP contribution is 2.46. The summed E-state index contributed by atoms with van der Waals surface area (Å²) in [5, 5.41) is 0. The van der Waals surface area contributed by atoms with Gasteiger partial charge in [0.1, 0.15) is 0 Å². The Morgan fingerprint density at radius 3 is 2.91 bits per heavy atom. The van der Waals surface area contributed by atoms with Gasteiger partial charge in [0.15, 0.2) is 4.77 Å². The summed E-state index contributed by atoms with van der Waals surface area (Å²) in [5.74, 6) is 0. The van der Waals surface area contributed by atoms with E-state index in [1.54, 1.807) is 6.20 Å². The van der Waals surface area contributed by atoms with Crippen LogP contribution in [0.3, 0.4) is 0 Å². The molecule has 0 unspecified atom stereocenters. The van der Waals surface area contributed by atoms with Crippen LogP contribution in [-0.2, 0) is 5.41 Å². The molecule has 2 nitrogen and oxygen atoms in total. The first-order chi connectivity index (χ1) is 5.21. The molecule has 58 valence electrons. The van der Waals surface area contributed by atoms with Crippen LogP contribution in [0.4, 0.5) is 0 Å². The largest absolute Gasteiger partial charge is 0.334 e. The highest BCUT2D eigenvalue weighted by atomic mass is 32.1. The molecule has 3 heteroatoms. The summed E-state index contributed by atoms with van der Waals surface area (Å²) in [5.41, 5.74) is 1.61. The smallest absolute Gasteiger partial charge is 0.196 e. The molecule has 0 aliphatic heterocycles. The van der Waals surface area contributed by atoms with Crippen LogP contribution in [0.2, 0.25) is 0 Å². The zero-order valence-corrected chi connectivity index (χ0v) is 7.24. The molecule has 0 spiro atoms. The van der Waals surface area contributed by atoms with E-state index in [4.69, 9.17) is 12.2 Å². The van der Waals surface area contributed by atoms with Crippen LogP contribution in [0.1, 0.15) is 25.5 Å². The van der Waals surface area contributed by atoms with Gasteiger partial charge in [0.05, 0.1) is 0 Å². The van der Waals surface area contributed by atoms with Crippen LogP contribution in [0.15, 0.2) is 12.3 Å². The predicted molar refractivity (Wildman–Crippen MR) is 46.0 cm³/mol. The fourth-order valence-corrected chi connectivity index (χ4v) is 1.35. The van der Waals surface area contributed by atoms with Crippen molar-refractivity contribution >= 4 is 12.2 Å². The van der Waals surface area contributed by atoms with Crippen molar-refractivity contribution in [3.8, 4) is 0 Å². The number of hydrogen-bond acceptors (Lipinski definition) is 2. The highest BCUT2D eigenvalue weighted by molar-refractivity contribution is 7.71. The highest BCUT2D eigenvalue weighted by Gasteiger charge is 2.39. The lowest BCUT2D eigenvalue weighted by Gasteiger charge is -2.06. The van der Waals surface area contributed by atoms with Crippen molar-refractivity contribution in [2.75, 3.05) is 0 Å². The van der Waals surface area contributed by atoms with Crippen molar-refractivity contribution in [3.05, 3.63) is 22.7 Å². The van der Waals surface area contributed by atoms with E-state index < -0.39 is 0 Å². The Hall–Kier alpha value is -0.700. The Kier molecular flexibility index (Phi) is 1.36. The summed E-state index contributed by atoms with van der Waals surface area (Å²) < 4.78 is 0.593. The zero-order valence-electron chi connectivity index (χ0n) is 6.42. The first kappa shape index (κ1) is 6.98. The van der Waals surface area contributed by atoms with Gasteiger partial charge in [-0.25, -0.2) is 4.98 Å². The van der Waals surface area contributed by atoms with Crippen molar-refractivity contribution in [1.29, 1.82) is 0 Å². The maximum atomic E-state index is 4.93. The Morgan fingerprint density at radius 2 is 2.36 bits per heavy atom. The third-order valence-electron chi connectivity index (χ3n) is 2.32. The number of rotatable bonds is 1. The number of hydrogen-bond donors (Lipinski definition) is 1. The molecule has 0 saturated heterocycles.